The van der Waals surface area contributed by atoms with E-state index >= 15 is 0 Å². The van der Waals surface area contributed by atoms with E-state index < -0.39 is 0 Å². The number of nitrogens with one attached hydrogen (secondary N) is 2. The molecular formula is C22H36N4O2. The lowest BCUT2D eigenvalue weighted by Crippen LogP contribution is -2.40. The second-order valence-electron chi connectivity index (χ2n) is 9.63. The summed E-state index contributed by atoms with van der Waals surface area (Å²) in [6.45, 7) is 8.90. The van der Waals surface area contributed by atoms with E-state index in [9.17, 15) is 9.59 Å². The zero-order chi connectivity index (χ0) is 20.3. The summed E-state index contributed by atoms with van der Waals surface area (Å²) in [5.74, 6) is 1.29. The summed E-state index contributed by atoms with van der Waals surface area (Å²) in [4.78, 5) is 31.1. The Labute approximate surface area is 169 Å². The van der Waals surface area contributed by atoms with E-state index in [1.54, 1.807) is 7.05 Å². The fourth-order valence-corrected chi connectivity index (χ4v) is 4.84. The zero-order valence-electron chi connectivity index (χ0n) is 17.8. The fourth-order valence-electron chi connectivity index (χ4n) is 4.84. The number of nitrogens with zero attached hydrogens (tertiary/aromatic N) is 2. The van der Waals surface area contributed by atoms with Gasteiger partial charge in [0.15, 0.2) is 5.96 Å². The Morgan fingerprint density at radius 1 is 1.04 bits per heavy atom. The van der Waals surface area contributed by atoms with E-state index in [0.717, 1.165) is 31.8 Å². The van der Waals surface area contributed by atoms with Gasteiger partial charge in [0.1, 0.15) is 0 Å². The van der Waals surface area contributed by atoms with Crippen LogP contribution in [-0.2, 0) is 9.59 Å². The molecule has 3 rings (SSSR count). The number of fused-ring (bicyclic) bond motifs is 5. The van der Waals surface area contributed by atoms with E-state index in [-0.39, 0.29) is 35.5 Å². The molecule has 0 aromatic rings. The zero-order valence-corrected chi connectivity index (χ0v) is 17.8. The topological polar surface area (TPSA) is 73.8 Å². The van der Waals surface area contributed by atoms with Gasteiger partial charge in [0.25, 0.3) is 0 Å². The van der Waals surface area contributed by atoms with Crippen LogP contribution in [0.4, 0.5) is 0 Å². The van der Waals surface area contributed by atoms with Crippen molar-refractivity contribution >= 4 is 17.8 Å². The summed E-state index contributed by atoms with van der Waals surface area (Å²) in [7, 11) is 1.77. The van der Waals surface area contributed by atoms with Gasteiger partial charge in [0, 0.05) is 26.7 Å². The van der Waals surface area contributed by atoms with Crippen LogP contribution in [0.3, 0.4) is 0 Å². The number of imide groups is 1. The molecule has 2 aliphatic carbocycles. The van der Waals surface area contributed by atoms with Gasteiger partial charge in [-0.15, -0.1) is 0 Å². The molecule has 3 aliphatic rings. The first kappa shape index (κ1) is 20.9. The van der Waals surface area contributed by atoms with Crippen molar-refractivity contribution in [2.24, 2.45) is 34.1 Å². The van der Waals surface area contributed by atoms with Gasteiger partial charge in [0.2, 0.25) is 11.8 Å². The summed E-state index contributed by atoms with van der Waals surface area (Å²) >= 11 is 0. The Morgan fingerprint density at radius 3 is 2.14 bits per heavy atom. The highest BCUT2D eigenvalue weighted by atomic mass is 16.2. The van der Waals surface area contributed by atoms with Crippen LogP contribution < -0.4 is 10.6 Å². The van der Waals surface area contributed by atoms with E-state index in [1.807, 2.05) is 0 Å². The molecule has 2 N–H and O–H groups in total. The lowest BCUT2D eigenvalue weighted by molar-refractivity contribution is -0.140. The third-order valence-corrected chi connectivity index (χ3v) is 6.28. The molecule has 0 aromatic carbocycles. The van der Waals surface area contributed by atoms with Crippen LogP contribution >= 0.6 is 0 Å². The van der Waals surface area contributed by atoms with E-state index in [4.69, 9.17) is 0 Å². The van der Waals surface area contributed by atoms with E-state index in [0.29, 0.717) is 18.5 Å². The normalized spacial score (nSPS) is 29.0. The number of guanidine groups is 1. The van der Waals surface area contributed by atoms with Crippen molar-refractivity contribution in [3.05, 3.63) is 12.2 Å². The van der Waals surface area contributed by atoms with Gasteiger partial charge in [-0.3, -0.25) is 19.5 Å². The Morgan fingerprint density at radius 2 is 1.61 bits per heavy atom. The number of hydrogen-bond donors (Lipinski definition) is 2. The standard InChI is InChI=1S/C22H36N4O2/c1-22(2,3)10-5-6-11-24-21(23-4)25-12-7-13-26-19(27)17-15-8-9-16(14-15)18(17)20(26)28/h8-9,15-18H,5-7,10-14H2,1-4H3,(H2,23,24,25). The molecular weight excluding hydrogens is 352 g/mol. The minimum absolute atomic E-state index is 0.0493. The molecule has 0 radical (unpaired) electrons. The Balaban J connectivity index is 1.33. The molecule has 156 valence electrons. The van der Waals surface area contributed by atoms with Gasteiger partial charge < -0.3 is 10.6 Å². The molecule has 0 spiro atoms. The molecule has 1 heterocycles. The van der Waals surface area contributed by atoms with Crippen molar-refractivity contribution in [3.63, 3.8) is 0 Å². The summed E-state index contributed by atoms with van der Waals surface area (Å²) < 4.78 is 0. The van der Waals surface area contributed by atoms with Crippen molar-refractivity contribution in [2.45, 2.75) is 52.9 Å². The van der Waals surface area contributed by atoms with Crippen molar-refractivity contribution in [3.8, 4) is 0 Å². The molecule has 6 nitrogen and oxygen atoms in total. The van der Waals surface area contributed by atoms with Crippen LogP contribution in [0.5, 0.6) is 0 Å². The predicted molar refractivity (Wildman–Crippen MR) is 112 cm³/mol. The Bertz CT molecular complexity index is 619. The van der Waals surface area contributed by atoms with Crippen molar-refractivity contribution in [2.75, 3.05) is 26.7 Å². The lowest BCUT2D eigenvalue weighted by atomic mass is 9.85. The van der Waals surface area contributed by atoms with Gasteiger partial charge >= 0.3 is 0 Å². The number of rotatable bonds is 8. The van der Waals surface area contributed by atoms with Gasteiger partial charge in [-0.1, -0.05) is 39.3 Å². The van der Waals surface area contributed by atoms with Crippen molar-refractivity contribution in [1.29, 1.82) is 0 Å². The average Bonchev–Trinajstić information content (AvgIpc) is 3.31. The molecule has 2 bridgehead atoms. The van der Waals surface area contributed by atoms with Crippen LogP contribution in [0.2, 0.25) is 0 Å². The molecule has 0 aromatic heterocycles. The Kier molecular flexibility index (Phi) is 6.46. The van der Waals surface area contributed by atoms with Crippen molar-refractivity contribution in [1.82, 2.24) is 15.5 Å². The summed E-state index contributed by atoms with van der Waals surface area (Å²) in [6, 6.07) is 0. The molecule has 1 saturated carbocycles. The summed E-state index contributed by atoms with van der Waals surface area (Å²) in [6.07, 6.45) is 9.54. The number of likely N-dealkylation sites (tertiary alicyclic amines) is 1. The minimum Gasteiger partial charge on any atom is -0.356 e. The van der Waals surface area contributed by atoms with Gasteiger partial charge in [0.05, 0.1) is 11.8 Å². The first-order valence-corrected chi connectivity index (χ1v) is 10.8. The van der Waals surface area contributed by atoms with Gasteiger partial charge in [-0.25, -0.2) is 0 Å². The molecule has 4 unspecified atom stereocenters. The highest BCUT2D eigenvalue weighted by molar-refractivity contribution is 6.06. The number of carbonyl (C=O) groups excluding carboxylic acids is 2. The molecule has 1 aliphatic heterocycles. The number of carbonyl (C=O) groups is 2. The maximum absolute atomic E-state index is 12.7. The second-order valence-corrected chi connectivity index (χ2v) is 9.63. The number of allylic oxidation sites excluding steroid dienone is 2. The molecule has 2 amide bonds. The number of aliphatic imine (C=N–C) groups is 1. The predicted octanol–water partition coefficient (Wildman–Crippen LogP) is 2.57. The highest BCUT2D eigenvalue weighted by Crippen LogP contribution is 2.52. The van der Waals surface area contributed by atoms with Crippen LogP contribution in [0.15, 0.2) is 17.1 Å². The first-order valence-electron chi connectivity index (χ1n) is 10.8. The lowest BCUT2D eigenvalue weighted by Gasteiger charge is -2.19. The largest absolute Gasteiger partial charge is 0.356 e. The van der Waals surface area contributed by atoms with Gasteiger partial charge in [-0.05, 0) is 42.9 Å². The highest BCUT2D eigenvalue weighted by Gasteiger charge is 2.58. The SMILES string of the molecule is CN=C(NCCCCC(C)(C)C)NCCCN1C(=O)C2C3C=CC(C3)C2C1=O. The summed E-state index contributed by atoms with van der Waals surface area (Å²) in [5, 5.41) is 6.62. The maximum Gasteiger partial charge on any atom is 0.233 e. The van der Waals surface area contributed by atoms with E-state index in [2.05, 4.69) is 48.5 Å². The minimum atomic E-state index is -0.0852. The van der Waals surface area contributed by atoms with Crippen LogP contribution in [0.1, 0.15) is 52.9 Å². The second kappa shape index (κ2) is 8.66. The van der Waals surface area contributed by atoms with Gasteiger partial charge in [-0.2, -0.15) is 0 Å². The molecule has 1 saturated heterocycles. The molecule has 6 heteroatoms. The Hall–Kier alpha value is -1.85. The molecule has 4 atom stereocenters. The smallest absolute Gasteiger partial charge is 0.233 e. The third-order valence-electron chi connectivity index (χ3n) is 6.28. The quantitative estimate of drug-likeness (QED) is 0.220. The fraction of sp³-hybridized carbons (Fsp3) is 0.773. The maximum atomic E-state index is 12.7. The third kappa shape index (κ3) is 4.58. The number of hydrogen-bond acceptors (Lipinski definition) is 3. The monoisotopic (exact) mass is 388 g/mol. The van der Waals surface area contributed by atoms with Crippen LogP contribution in [0, 0.1) is 29.1 Å². The van der Waals surface area contributed by atoms with Crippen LogP contribution in [-0.4, -0.2) is 49.4 Å². The first-order chi connectivity index (χ1) is 13.3. The van der Waals surface area contributed by atoms with Crippen molar-refractivity contribution < 1.29 is 9.59 Å². The van der Waals surface area contributed by atoms with E-state index in [1.165, 1.54) is 17.7 Å². The summed E-state index contributed by atoms with van der Waals surface area (Å²) in [5.41, 5.74) is 0.387. The number of amides is 2. The average molecular weight is 389 g/mol. The molecule has 2 fully saturated rings. The number of unbranched alkanes of at least 4 members (excludes halogenated alkanes) is 1. The molecule has 28 heavy (non-hydrogen) atoms. The van der Waals surface area contributed by atoms with Crippen LogP contribution in [0.25, 0.3) is 0 Å².